The number of likely N-dealkylation sites (tertiary alicyclic amines) is 2. The van der Waals surface area contributed by atoms with Crippen molar-refractivity contribution in [3.8, 4) is 39.5 Å². The van der Waals surface area contributed by atoms with Crippen molar-refractivity contribution in [3.63, 3.8) is 0 Å². The van der Waals surface area contributed by atoms with Crippen LogP contribution in [0.5, 0.6) is 5.75 Å². The van der Waals surface area contributed by atoms with Crippen LogP contribution < -0.4 is 15.8 Å². The zero-order valence-corrected chi connectivity index (χ0v) is 29.4. The van der Waals surface area contributed by atoms with E-state index in [4.69, 9.17) is 19.9 Å². The summed E-state index contributed by atoms with van der Waals surface area (Å²) < 4.78 is 53.4. The number of fused-ring (bicyclic) bond motifs is 1. The number of hydrogen-bond acceptors (Lipinski definition) is 7. The molecule has 3 heterocycles. The lowest BCUT2D eigenvalue weighted by atomic mass is 9.89. The number of nitrogens with zero attached hydrogens (tertiary/aromatic N) is 3. The van der Waals surface area contributed by atoms with Crippen molar-refractivity contribution < 1.29 is 37.0 Å². The van der Waals surface area contributed by atoms with Crippen LogP contribution in [-0.4, -0.2) is 70.2 Å². The number of carbonyl (C=O) groups excluding carboxylic acids is 1. The molecule has 4 N–H and O–H groups in total. The number of oxazole rings is 1. The van der Waals surface area contributed by atoms with Gasteiger partial charge < -0.3 is 25.3 Å². The van der Waals surface area contributed by atoms with Gasteiger partial charge in [-0.2, -0.15) is 8.78 Å². The molecule has 10 nitrogen and oxygen atoms in total. The number of amides is 2. The fourth-order valence-corrected chi connectivity index (χ4v) is 7.74. The monoisotopic (exact) mass is 727 g/mol. The Morgan fingerprint density at radius 1 is 0.962 bits per heavy atom. The number of hydrogen-bond donors (Lipinski definition) is 3. The van der Waals surface area contributed by atoms with E-state index in [1.54, 1.807) is 17.0 Å². The lowest BCUT2D eigenvalue weighted by Gasteiger charge is -2.22. The molecule has 2 saturated heterocycles. The maximum atomic E-state index is 15.5. The van der Waals surface area contributed by atoms with Crippen LogP contribution in [0, 0.1) is 19.7 Å². The molecular formula is C40H40F3N5O5. The molecule has 276 valence electrons. The Morgan fingerprint density at radius 3 is 2.38 bits per heavy atom. The number of benzene rings is 4. The number of nitrogens with one attached hydrogen (secondary N) is 1. The number of carboxylic acids is 1. The van der Waals surface area contributed by atoms with E-state index in [9.17, 15) is 23.5 Å². The molecule has 2 aliphatic heterocycles. The van der Waals surface area contributed by atoms with Crippen LogP contribution in [0.25, 0.3) is 44.8 Å². The lowest BCUT2D eigenvalue weighted by Crippen LogP contribution is -2.40. The highest BCUT2D eigenvalue weighted by Crippen LogP contribution is 2.39. The molecule has 53 heavy (non-hydrogen) atoms. The molecule has 0 spiro atoms. The minimum atomic E-state index is -3.08. The van der Waals surface area contributed by atoms with Crippen molar-refractivity contribution in [2.45, 2.75) is 64.9 Å². The van der Waals surface area contributed by atoms with Gasteiger partial charge in [0.05, 0.1) is 0 Å². The summed E-state index contributed by atoms with van der Waals surface area (Å²) in [6.07, 6.45) is 1.94. The van der Waals surface area contributed by atoms with Crippen molar-refractivity contribution in [1.82, 2.24) is 20.1 Å². The fraction of sp³-hybridized carbons (Fsp3) is 0.325. The normalized spacial score (nSPS) is 17.9. The number of primary amides is 1. The molecule has 7 rings (SSSR count). The Kier molecular flexibility index (Phi) is 10.1. The van der Waals surface area contributed by atoms with Gasteiger partial charge in [-0.3, -0.25) is 14.6 Å². The second kappa shape index (κ2) is 14.9. The topological polar surface area (TPSA) is 134 Å². The average molecular weight is 728 g/mol. The van der Waals surface area contributed by atoms with Crippen LogP contribution in [0.2, 0.25) is 0 Å². The number of carboxylic acid groups (broad SMARTS) is 1. The van der Waals surface area contributed by atoms with Crippen molar-refractivity contribution in [2.75, 3.05) is 19.6 Å². The first kappa shape index (κ1) is 36.0. The van der Waals surface area contributed by atoms with Gasteiger partial charge in [-0.1, -0.05) is 42.5 Å². The van der Waals surface area contributed by atoms with Gasteiger partial charge in [0.25, 0.3) is 0 Å². The van der Waals surface area contributed by atoms with E-state index in [2.05, 4.69) is 10.2 Å². The molecule has 2 atom stereocenters. The van der Waals surface area contributed by atoms with Gasteiger partial charge in [0, 0.05) is 55.0 Å². The third-order valence-corrected chi connectivity index (χ3v) is 10.4. The molecule has 2 fully saturated rings. The molecule has 4 aromatic carbocycles. The smallest absolute Gasteiger partial charge is 0.387 e. The summed E-state index contributed by atoms with van der Waals surface area (Å²) in [5.74, 6) is -1.05. The predicted octanol–water partition coefficient (Wildman–Crippen LogP) is 7.48. The van der Waals surface area contributed by atoms with E-state index in [-0.39, 0.29) is 29.7 Å². The van der Waals surface area contributed by atoms with E-state index >= 15 is 4.39 Å². The van der Waals surface area contributed by atoms with Crippen molar-refractivity contribution in [2.24, 2.45) is 5.73 Å². The summed E-state index contributed by atoms with van der Waals surface area (Å²) in [6.45, 7) is 3.29. The summed E-state index contributed by atoms with van der Waals surface area (Å²) in [4.78, 5) is 31.6. The summed E-state index contributed by atoms with van der Waals surface area (Å²) in [6, 6.07) is 18.7. The number of carbonyl (C=O) groups is 2. The number of aliphatic carboxylic acids is 1. The number of alkyl halides is 2. The molecule has 1 unspecified atom stereocenters. The van der Waals surface area contributed by atoms with Gasteiger partial charge >= 0.3 is 18.6 Å². The second-order valence-corrected chi connectivity index (χ2v) is 13.8. The minimum absolute atomic E-state index is 0.0435. The molecule has 13 heteroatoms. The highest BCUT2D eigenvalue weighted by atomic mass is 19.3. The number of aromatic nitrogens is 1. The third-order valence-electron chi connectivity index (χ3n) is 10.4. The minimum Gasteiger partial charge on any atom is -0.480 e. The molecule has 2 aliphatic rings. The largest absolute Gasteiger partial charge is 0.480 e. The number of halogens is 3. The first-order chi connectivity index (χ1) is 25.4. The van der Waals surface area contributed by atoms with Crippen LogP contribution in [0.4, 0.5) is 18.0 Å². The third kappa shape index (κ3) is 7.58. The standard InChI is InChI=1S/C40H40F3N5O5/c1-22-28(24-11-12-25(32(41)16-24)19-47-15-13-27(21-47)45-40(44)51)6-3-7-29(22)30-8-4-9-31(23(30)2)37-46-33-17-26(20-48-14-5-10-34(48)38(49)50)35(53-39(42)43)18-36(33)52-37/h3-4,6-9,11-12,16-18,27,34,39H,5,10,13-15,19-21H2,1-2H3,(H,49,50)(H3,44,45,51)/t27?,34-/m0/s1. The average Bonchev–Trinajstić information content (AvgIpc) is 3.86. The van der Waals surface area contributed by atoms with Gasteiger partial charge in [-0.15, -0.1) is 0 Å². The van der Waals surface area contributed by atoms with Crippen molar-refractivity contribution in [3.05, 3.63) is 94.8 Å². The Bertz CT molecular complexity index is 2190. The Morgan fingerprint density at radius 2 is 1.68 bits per heavy atom. The number of urea groups is 1. The molecular weight excluding hydrogens is 687 g/mol. The first-order valence-electron chi connectivity index (χ1n) is 17.6. The van der Waals surface area contributed by atoms with Crippen molar-refractivity contribution in [1.29, 1.82) is 0 Å². The van der Waals surface area contributed by atoms with Gasteiger partial charge in [-0.25, -0.2) is 14.2 Å². The van der Waals surface area contributed by atoms with Crippen LogP contribution in [0.1, 0.15) is 41.5 Å². The molecule has 2 amide bonds. The van der Waals surface area contributed by atoms with Gasteiger partial charge in [0.15, 0.2) is 5.58 Å². The number of nitrogens with two attached hydrogens (primary N) is 1. The van der Waals surface area contributed by atoms with Gasteiger partial charge in [0.2, 0.25) is 5.89 Å². The Balaban J connectivity index is 1.16. The van der Waals surface area contributed by atoms with Crippen LogP contribution >= 0.6 is 0 Å². The molecule has 1 aromatic heterocycles. The maximum Gasteiger partial charge on any atom is 0.387 e. The fourth-order valence-electron chi connectivity index (χ4n) is 7.74. The molecule has 0 radical (unpaired) electrons. The predicted molar refractivity (Wildman–Crippen MR) is 194 cm³/mol. The summed E-state index contributed by atoms with van der Waals surface area (Å²) >= 11 is 0. The first-order valence-corrected chi connectivity index (χ1v) is 17.6. The number of ether oxygens (including phenoxy) is 1. The molecule has 5 aromatic rings. The zero-order chi connectivity index (χ0) is 37.4. The van der Waals surface area contributed by atoms with Gasteiger partial charge in [-0.05, 0) is 91.2 Å². The Hall–Kier alpha value is -5.40. The summed E-state index contributed by atoms with van der Waals surface area (Å²) in [7, 11) is 0. The number of rotatable bonds is 11. The summed E-state index contributed by atoms with van der Waals surface area (Å²) in [5.41, 5.74) is 13.0. The van der Waals surface area contributed by atoms with Gasteiger partial charge in [0.1, 0.15) is 23.1 Å². The van der Waals surface area contributed by atoms with Crippen LogP contribution in [0.15, 0.2) is 71.1 Å². The molecule has 0 saturated carbocycles. The summed E-state index contributed by atoms with van der Waals surface area (Å²) in [5, 5.41) is 12.4. The Labute approximate surface area is 304 Å². The molecule has 0 bridgehead atoms. The molecule has 0 aliphatic carbocycles. The van der Waals surface area contributed by atoms with E-state index < -0.39 is 24.7 Å². The highest BCUT2D eigenvalue weighted by Gasteiger charge is 2.32. The second-order valence-electron chi connectivity index (χ2n) is 13.8. The zero-order valence-electron chi connectivity index (χ0n) is 29.4. The van der Waals surface area contributed by atoms with Crippen LogP contribution in [0.3, 0.4) is 0 Å². The van der Waals surface area contributed by atoms with E-state index in [1.807, 2.05) is 62.4 Å². The highest BCUT2D eigenvalue weighted by molar-refractivity contribution is 5.85. The maximum absolute atomic E-state index is 15.5. The van der Waals surface area contributed by atoms with E-state index in [0.29, 0.717) is 60.6 Å². The SMILES string of the molecule is Cc1c(-c2ccc(CN3CCC(NC(N)=O)C3)c(F)c2)cccc1-c1cccc(-c2nc3cc(CN4CCC[C@H]4C(=O)O)c(OC(F)F)cc3o2)c1C. The van der Waals surface area contributed by atoms with Crippen molar-refractivity contribution >= 4 is 23.1 Å². The van der Waals surface area contributed by atoms with E-state index in [1.165, 1.54) is 6.07 Å². The lowest BCUT2D eigenvalue weighted by molar-refractivity contribution is -0.142. The van der Waals surface area contributed by atoms with Crippen LogP contribution in [-0.2, 0) is 17.9 Å². The quantitative estimate of drug-likeness (QED) is 0.128. The van der Waals surface area contributed by atoms with E-state index in [0.717, 1.165) is 46.3 Å².